The third-order valence-corrected chi connectivity index (χ3v) is 6.51. The predicted molar refractivity (Wildman–Crippen MR) is 127 cm³/mol. The second kappa shape index (κ2) is 9.11. The molecule has 1 aliphatic heterocycles. The van der Waals surface area contributed by atoms with Crippen LogP contribution in [0.4, 0.5) is 0 Å². The number of aromatic nitrogens is 2. The van der Waals surface area contributed by atoms with Crippen LogP contribution < -0.4 is 0 Å². The van der Waals surface area contributed by atoms with E-state index in [1.54, 1.807) is 6.20 Å². The van der Waals surface area contributed by atoms with E-state index in [2.05, 4.69) is 30.2 Å². The summed E-state index contributed by atoms with van der Waals surface area (Å²) >= 11 is 0. The summed E-state index contributed by atoms with van der Waals surface area (Å²) in [7, 11) is 0. The zero-order valence-electron chi connectivity index (χ0n) is 19.4. The maximum absolute atomic E-state index is 13.3. The Balaban J connectivity index is 1.47. The monoisotopic (exact) mass is 429 g/mol. The highest BCUT2D eigenvalue weighted by molar-refractivity contribution is 5.99. The summed E-state index contributed by atoms with van der Waals surface area (Å²) in [5, 5.41) is 4.52. The fourth-order valence-corrected chi connectivity index (χ4v) is 4.63. The van der Waals surface area contributed by atoms with Crippen LogP contribution in [0.1, 0.15) is 62.9 Å². The van der Waals surface area contributed by atoms with Crippen LogP contribution in [0, 0.1) is 26.7 Å². The van der Waals surface area contributed by atoms with Crippen LogP contribution in [0.2, 0.25) is 0 Å². The molecule has 166 valence electrons. The van der Waals surface area contributed by atoms with Crippen molar-refractivity contribution in [1.82, 2.24) is 14.7 Å². The smallest absolute Gasteiger partial charge is 0.257 e. The first-order valence-electron chi connectivity index (χ1n) is 11.4. The number of carbonyl (C=O) groups is 2. The normalized spacial score (nSPS) is 14.6. The van der Waals surface area contributed by atoms with Gasteiger partial charge < -0.3 is 4.90 Å². The molecule has 0 atom stereocenters. The Kier molecular flexibility index (Phi) is 6.26. The molecule has 0 unspecified atom stereocenters. The molecule has 4 rings (SSSR count). The molecule has 32 heavy (non-hydrogen) atoms. The lowest BCUT2D eigenvalue weighted by molar-refractivity contribution is 0.0649. The van der Waals surface area contributed by atoms with Crippen LogP contribution in [0.25, 0.3) is 5.69 Å². The number of likely N-dealkylation sites (tertiary alicyclic amines) is 1. The highest BCUT2D eigenvalue weighted by Crippen LogP contribution is 2.26. The minimum absolute atomic E-state index is 0.0117. The third kappa shape index (κ3) is 4.24. The molecule has 0 spiro atoms. The Morgan fingerprint density at radius 1 is 0.938 bits per heavy atom. The van der Waals surface area contributed by atoms with E-state index in [1.165, 1.54) is 5.56 Å². The number of rotatable bonds is 5. The summed E-state index contributed by atoms with van der Waals surface area (Å²) in [5.41, 5.74) is 6.74. The lowest BCUT2D eigenvalue weighted by atomic mass is 9.87. The molecule has 0 aliphatic carbocycles. The van der Waals surface area contributed by atoms with Crippen molar-refractivity contribution in [3.63, 3.8) is 0 Å². The number of nitrogens with zero attached hydrogens (tertiary/aromatic N) is 3. The van der Waals surface area contributed by atoms with Crippen LogP contribution in [0.3, 0.4) is 0 Å². The maximum atomic E-state index is 13.3. The number of amides is 1. The van der Waals surface area contributed by atoms with E-state index in [-0.39, 0.29) is 17.6 Å². The van der Waals surface area contributed by atoms with Gasteiger partial charge in [0.05, 0.1) is 23.1 Å². The predicted octanol–water partition coefficient (Wildman–Crippen LogP) is 5.10. The zero-order chi connectivity index (χ0) is 22.8. The average molecular weight is 430 g/mol. The van der Waals surface area contributed by atoms with E-state index < -0.39 is 0 Å². The summed E-state index contributed by atoms with van der Waals surface area (Å²) in [6.07, 6.45) is 3.81. The number of aryl methyl sites for hydroxylation is 3. The van der Waals surface area contributed by atoms with Gasteiger partial charge in [0.1, 0.15) is 0 Å². The van der Waals surface area contributed by atoms with Crippen LogP contribution >= 0.6 is 0 Å². The first-order chi connectivity index (χ1) is 15.4. The fraction of sp³-hybridized carbons (Fsp3) is 0.370. The van der Waals surface area contributed by atoms with E-state index in [0.717, 1.165) is 34.5 Å². The summed E-state index contributed by atoms with van der Waals surface area (Å²) < 4.78 is 1.86. The molecule has 2 heterocycles. The quantitative estimate of drug-likeness (QED) is 0.531. The Labute approximate surface area is 190 Å². The highest BCUT2D eigenvalue weighted by Gasteiger charge is 2.30. The molecule has 1 aliphatic rings. The van der Waals surface area contributed by atoms with Crippen LogP contribution in [0.5, 0.6) is 0 Å². The van der Waals surface area contributed by atoms with Crippen molar-refractivity contribution < 1.29 is 9.59 Å². The van der Waals surface area contributed by atoms with Gasteiger partial charge in [0.25, 0.3) is 5.91 Å². The van der Waals surface area contributed by atoms with Gasteiger partial charge >= 0.3 is 0 Å². The van der Waals surface area contributed by atoms with Gasteiger partial charge in [-0.15, -0.1) is 0 Å². The molecule has 2 aromatic carbocycles. The number of benzene rings is 2. The molecule has 1 saturated heterocycles. The molecular weight excluding hydrogens is 398 g/mol. The minimum atomic E-state index is -0.0265. The molecule has 0 N–H and O–H groups in total. The van der Waals surface area contributed by atoms with Crippen LogP contribution in [-0.2, 0) is 6.42 Å². The topological polar surface area (TPSA) is 55.2 Å². The summed E-state index contributed by atoms with van der Waals surface area (Å²) in [6.45, 7) is 9.33. The lowest BCUT2D eigenvalue weighted by Crippen LogP contribution is -2.40. The molecule has 1 amide bonds. The van der Waals surface area contributed by atoms with Crippen molar-refractivity contribution in [3.8, 4) is 5.69 Å². The zero-order valence-corrected chi connectivity index (χ0v) is 19.4. The van der Waals surface area contributed by atoms with E-state index >= 15 is 0 Å². The minimum Gasteiger partial charge on any atom is -0.338 e. The second-order valence-electron chi connectivity index (χ2n) is 8.85. The first kappa shape index (κ1) is 22.0. The molecule has 0 saturated carbocycles. The summed E-state index contributed by atoms with van der Waals surface area (Å²) in [4.78, 5) is 28.2. The molecule has 0 radical (unpaired) electrons. The van der Waals surface area contributed by atoms with Crippen molar-refractivity contribution in [3.05, 3.63) is 82.2 Å². The van der Waals surface area contributed by atoms with E-state index in [4.69, 9.17) is 0 Å². The molecule has 3 aromatic rings. The van der Waals surface area contributed by atoms with Gasteiger partial charge in [-0.3, -0.25) is 9.59 Å². The van der Waals surface area contributed by atoms with E-state index in [1.807, 2.05) is 54.6 Å². The number of hydrogen-bond acceptors (Lipinski definition) is 3. The number of carbonyl (C=O) groups excluding carboxylic acids is 2. The Morgan fingerprint density at radius 3 is 2.22 bits per heavy atom. The SMILES string of the molecule is CCc1c(C(=O)N2CCC(C(=O)c3ccc(C)cc3C)CC2)cnn1-c1ccc(C)cc1. The molecular formula is C27H31N3O2. The third-order valence-electron chi connectivity index (χ3n) is 6.51. The number of ketones is 1. The maximum Gasteiger partial charge on any atom is 0.257 e. The first-order valence-corrected chi connectivity index (χ1v) is 11.4. The standard InChI is InChI=1S/C27H31N3O2/c1-5-25-24(17-28-30(25)22-9-6-18(2)7-10-22)27(32)29-14-12-21(13-15-29)26(31)23-11-8-19(3)16-20(23)4/h6-11,16-17,21H,5,12-15H2,1-4H3. The molecule has 1 aromatic heterocycles. The van der Waals surface area contributed by atoms with Crippen LogP contribution in [-0.4, -0.2) is 39.5 Å². The van der Waals surface area contributed by atoms with Crippen LogP contribution in [0.15, 0.2) is 48.7 Å². The molecule has 5 nitrogen and oxygen atoms in total. The summed E-state index contributed by atoms with van der Waals surface area (Å²) in [6, 6.07) is 14.2. The van der Waals surface area contributed by atoms with E-state index in [9.17, 15) is 9.59 Å². The largest absolute Gasteiger partial charge is 0.338 e. The molecule has 5 heteroatoms. The van der Waals surface area contributed by atoms with Gasteiger partial charge in [0.2, 0.25) is 0 Å². The van der Waals surface area contributed by atoms with Gasteiger partial charge in [-0.25, -0.2) is 4.68 Å². The lowest BCUT2D eigenvalue weighted by Gasteiger charge is -2.31. The number of Topliss-reactive ketones (excluding diaryl/α,β-unsaturated/α-hetero) is 1. The van der Waals surface area contributed by atoms with Crippen molar-refractivity contribution >= 4 is 11.7 Å². The Bertz CT molecular complexity index is 1140. The second-order valence-corrected chi connectivity index (χ2v) is 8.85. The van der Waals surface area contributed by atoms with E-state index in [0.29, 0.717) is 31.5 Å². The number of hydrogen-bond donors (Lipinski definition) is 0. The molecule has 1 fully saturated rings. The Hall–Kier alpha value is -3.21. The molecule has 0 bridgehead atoms. The van der Waals surface area contributed by atoms with Gasteiger partial charge in [-0.05, 0) is 57.7 Å². The number of piperidine rings is 1. The highest BCUT2D eigenvalue weighted by atomic mass is 16.2. The van der Waals surface area contributed by atoms with Crippen molar-refractivity contribution in [2.75, 3.05) is 13.1 Å². The van der Waals surface area contributed by atoms with Gasteiger partial charge in [-0.2, -0.15) is 5.10 Å². The fourth-order valence-electron chi connectivity index (χ4n) is 4.63. The van der Waals surface area contributed by atoms with Crippen molar-refractivity contribution in [1.29, 1.82) is 0 Å². The summed E-state index contributed by atoms with van der Waals surface area (Å²) in [5.74, 6) is 0.190. The van der Waals surface area contributed by atoms with Crippen molar-refractivity contribution in [2.45, 2.75) is 47.0 Å². The van der Waals surface area contributed by atoms with Gasteiger partial charge in [-0.1, -0.05) is 48.4 Å². The average Bonchev–Trinajstić information content (AvgIpc) is 3.23. The van der Waals surface area contributed by atoms with Gasteiger partial charge in [0.15, 0.2) is 5.78 Å². The van der Waals surface area contributed by atoms with Gasteiger partial charge in [0, 0.05) is 24.6 Å². The Morgan fingerprint density at radius 2 is 1.59 bits per heavy atom. The van der Waals surface area contributed by atoms with Crippen molar-refractivity contribution in [2.24, 2.45) is 5.92 Å².